The Labute approximate surface area is 245 Å². The van der Waals surface area contributed by atoms with E-state index in [1.54, 1.807) is 0 Å². The maximum atomic E-state index is 12.2. The molecule has 3 heterocycles. The number of rotatable bonds is 9. The lowest BCUT2D eigenvalue weighted by atomic mass is 9.93. The summed E-state index contributed by atoms with van der Waals surface area (Å²) in [4.78, 5) is 47.4. The van der Waals surface area contributed by atoms with Gasteiger partial charge in [0.25, 0.3) is 0 Å². The second kappa shape index (κ2) is 14.5. The first kappa shape index (κ1) is 34.9. The summed E-state index contributed by atoms with van der Waals surface area (Å²) >= 11 is 0. The molecule has 3 aliphatic heterocycles. The van der Waals surface area contributed by atoms with Crippen LogP contribution in [0.15, 0.2) is 0 Å². The Hall–Kier alpha value is -2.56. The average molecular weight is 626 g/mol. The van der Waals surface area contributed by atoms with Crippen molar-refractivity contribution in [3.8, 4) is 0 Å². The third kappa shape index (κ3) is 7.94. The summed E-state index contributed by atoms with van der Waals surface area (Å²) in [6.45, 7) is 3.97. The highest BCUT2D eigenvalue weighted by Crippen LogP contribution is 2.32. The summed E-state index contributed by atoms with van der Waals surface area (Å²) in [5.74, 6) is -3.61. The molecule has 0 aromatic carbocycles. The Morgan fingerprint density at radius 1 is 0.674 bits per heavy atom. The van der Waals surface area contributed by atoms with Crippen LogP contribution in [-0.4, -0.2) is 158 Å². The third-order valence-electron chi connectivity index (χ3n) is 7.24. The van der Waals surface area contributed by atoms with E-state index < -0.39 is 122 Å². The van der Waals surface area contributed by atoms with E-state index in [1.165, 1.54) is 13.8 Å². The quantitative estimate of drug-likeness (QED) is 0.114. The second-order valence-corrected chi connectivity index (χ2v) is 10.6. The molecule has 1 unspecified atom stereocenters. The molecule has 19 nitrogen and oxygen atoms in total. The van der Waals surface area contributed by atoms with E-state index in [0.717, 1.165) is 13.8 Å². The molecule has 0 saturated carbocycles. The molecule has 246 valence electrons. The zero-order chi connectivity index (χ0) is 32.3. The lowest BCUT2D eigenvalue weighted by Gasteiger charge is -2.49. The molecular weight excluding hydrogens is 586 g/mol. The van der Waals surface area contributed by atoms with Gasteiger partial charge in [-0.1, -0.05) is 0 Å². The van der Waals surface area contributed by atoms with E-state index in [4.69, 9.17) is 23.7 Å². The zero-order valence-electron chi connectivity index (χ0n) is 23.7. The highest BCUT2D eigenvalue weighted by atomic mass is 16.7. The first-order chi connectivity index (χ1) is 20.1. The molecule has 3 saturated heterocycles. The summed E-state index contributed by atoms with van der Waals surface area (Å²) in [6.07, 6.45) is -20.4. The number of carbonyl (C=O) groups is 4. The van der Waals surface area contributed by atoms with E-state index in [2.05, 4.69) is 16.0 Å². The number of hydrogen-bond acceptors (Lipinski definition) is 15. The average Bonchev–Trinajstić information content (AvgIpc) is 2.91. The number of nitrogens with one attached hydrogen (secondary N) is 3. The SMILES string of the molecule is CC(=O)N[C@@H]1[C@H](O[C@H]2[C@H](O)[C@@H](NC(C)=O)C(O)O[C@@H]2CO)O[C@H](C(=O)O)[C@@H](O[C@H]2O[C@H](C)[C@H](NC(C)=O)[C@H](O)[C@H]2O)[C@@H]1O. The number of carboxylic acids is 1. The van der Waals surface area contributed by atoms with Crippen molar-refractivity contribution in [1.29, 1.82) is 0 Å². The fourth-order valence-electron chi connectivity index (χ4n) is 5.23. The molecule has 10 N–H and O–H groups in total. The molecule has 3 fully saturated rings. The van der Waals surface area contributed by atoms with Gasteiger partial charge in [-0.15, -0.1) is 0 Å². The predicted octanol–water partition coefficient (Wildman–Crippen LogP) is -6.02. The van der Waals surface area contributed by atoms with E-state index in [0.29, 0.717) is 0 Å². The Morgan fingerprint density at radius 3 is 1.72 bits per heavy atom. The summed E-state index contributed by atoms with van der Waals surface area (Å²) < 4.78 is 27.7. The topological polar surface area (TPSA) is 292 Å². The molecule has 0 bridgehead atoms. The van der Waals surface area contributed by atoms with E-state index >= 15 is 0 Å². The normalized spacial score (nSPS) is 43.3. The first-order valence-corrected chi connectivity index (χ1v) is 13.4. The maximum absolute atomic E-state index is 12.2. The van der Waals surface area contributed by atoms with Crippen LogP contribution in [0.5, 0.6) is 0 Å². The van der Waals surface area contributed by atoms with Crippen molar-refractivity contribution in [2.45, 2.75) is 120 Å². The number of carbonyl (C=O) groups excluding carboxylic acids is 3. The van der Waals surface area contributed by atoms with Gasteiger partial charge in [-0.3, -0.25) is 14.4 Å². The van der Waals surface area contributed by atoms with Gasteiger partial charge in [-0.25, -0.2) is 4.79 Å². The minimum atomic E-state index is -2.06. The Kier molecular flexibility index (Phi) is 11.8. The second-order valence-electron chi connectivity index (χ2n) is 10.6. The first-order valence-electron chi connectivity index (χ1n) is 13.4. The fraction of sp³-hybridized carbons (Fsp3) is 0.833. The van der Waals surface area contributed by atoms with Crippen LogP contribution >= 0.6 is 0 Å². The minimum absolute atomic E-state index is 0.521. The number of carboxylic acid groups (broad SMARTS) is 1. The third-order valence-corrected chi connectivity index (χ3v) is 7.24. The van der Waals surface area contributed by atoms with Crippen LogP contribution in [-0.2, 0) is 42.9 Å². The molecule has 0 radical (unpaired) electrons. The summed E-state index contributed by atoms with van der Waals surface area (Å²) in [5.41, 5.74) is 0. The van der Waals surface area contributed by atoms with Gasteiger partial charge >= 0.3 is 5.97 Å². The largest absolute Gasteiger partial charge is 0.479 e. The van der Waals surface area contributed by atoms with Crippen molar-refractivity contribution in [3.05, 3.63) is 0 Å². The summed E-state index contributed by atoms with van der Waals surface area (Å²) in [7, 11) is 0. The van der Waals surface area contributed by atoms with Crippen LogP contribution in [0.1, 0.15) is 27.7 Å². The number of aliphatic hydroxyl groups is 6. The van der Waals surface area contributed by atoms with Crippen LogP contribution < -0.4 is 16.0 Å². The molecule has 3 aliphatic rings. The molecule has 3 amide bonds. The standard InChI is InChI=1S/C24H39N3O16/c1-6-11(25-7(2)29)14(32)17(35)24(39-6)42-19-16(34)13(27-9(4)31)23(43-20(19)21(36)37)41-18-10(5-28)40-22(38)12(15(18)33)26-8(3)30/h6,10-20,22-24,28,32-35,38H,5H2,1-4H3,(H,25,29)(H,26,30)(H,27,31)(H,36,37)/t6-,10-,11+,12-,13+,14+,15-,16-,17-,18-,19+,20+,22?,23-,24-/m1/s1. The number of aliphatic carboxylic acids is 1. The van der Waals surface area contributed by atoms with Gasteiger partial charge < -0.3 is 75.4 Å². The van der Waals surface area contributed by atoms with E-state index in [9.17, 15) is 54.9 Å². The lowest BCUT2D eigenvalue weighted by molar-refractivity contribution is -0.348. The monoisotopic (exact) mass is 625 g/mol. The van der Waals surface area contributed by atoms with Crippen molar-refractivity contribution in [1.82, 2.24) is 16.0 Å². The van der Waals surface area contributed by atoms with Crippen molar-refractivity contribution in [2.24, 2.45) is 0 Å². The predicted molar refractivity (Wildman–Crippen MR) is 135 cm³/mol. The number of ether oxygens (including phenoxy) is 5. The number of aliphatic hydroxyl groups excluding tert-OH is 6. The van der Waals surface area contributed by atoms with Gasteiger partial charge in [-0.2, -0.15) is 0 Å². The van der Waals surface area contributed by atoms with Crippen LogP contribution in [0.25, 0.3) is 0 Å². The molecule has 0 aromatic rings. The lowest BCUT2D eigenvalue weighted by Crippen LogP contribution is -2.70. The molecule has 19 heteroatoms. The zero-order valence-corrected chi connectivity index (χ0v) is 23.7. The van der Waals surface area contributed by atoms with Crippen LogP contribution in [0.4, 0.5) is 0 Å². The van der Waals surface area contributed by atoms with Gasteiger partial charge in [0.05, 0.1) is 18.8 Å². The molecule has 3 rings (SSSR count). The highest BCUT2D eigenvalue weighted by molar-refractivity contribution is 5.75. The summed E-state index contributed by atoms with van der Waals surface area (Å²) in [5, 5.41) is 80.3. The highest BCUT2D eigenvalue weighted by Gasteiger charge is 2.55. The molecule has 0 aromatic heterocycles. The molecule has 0 aliphatic carbocycles. The smallest absolute Gasteiger partial charge is 0.335 e. The number of hydrogen-bond donors (Lipinski definition) is 10. The van der Waals surface area contributed by atoms with Crippen molar-refractivity contribution in [3.63, 3.8) is 0 Å². The minimum Gasteiger partial charge on any atom is -0.479 e. The molecular formula is C24H39N3O16. The van der Waals surface area contributed by atoms with Gasteiger partial charge in [0, 0.05) is 20.8 Å². The van der Waals surface area contributed by atoms with Crippen LogP contribution in [0, 0.1) is 0 Å². The van der Waals surface area contributed by atoms with Crippen molar-refractivity contribution in [2.75, 3.05) is 6.61 Å². The fourth-order valence-corrected chi connectivity index (χ4v) is 5.23. The Bertz CT molecular complexity index is 1020. The van der Waals surface area contributed by atoms with Crippen LogP contribution in [0.3, 0.4) is 0 Å². The van der Waals surface area contributed by atoms with Crippen molar-refractivity contribution >= 4 is 23.7 Å². The summed E-state index contributed by atoms with van der Waals surface area (Å²) in [6, 6.07) is -4.11. The molecule has 43 heavy (non-hydrogen) atoms. The van der Waals surface area contributed by atoms with E-state index in [1.807, 2.05) is 0 Å². The Morgan fingerprint density at radius 2 is 1.19 bits per heavy atom. The molecule has 15 atom stereocenters. The van der Waals surface area contributed by atoms with E-state index in [-0.39, 0.29) is 0 Å². The van der Waals surface area contributed by atoms with Gasteiger partial charge in [0.2, 0.25) is 17.7 Å². The molecule has 0 spiro atoms. The van der Waals surface area contributed by atoms with Crippen molar-refractivity contribution < 1.29 is 78.6 Å². The van der Waals surface area contributed by atoms with Gasteiger partial charge in [-0.05, 0) is 6.92 Å². The Balaban J connectivity index is 1.88. The van der Waals surface area contributed by atoms with Gasteiger partial charge in [0.1, 0.15) is 54.8 Å². The maximum Gasteiger partial charge on any atom is 0.335 e. The van der Waals surface area contributed by atoms with Gasteiger partial charge in [0.15, 0.2) is 25.0 Å². The number of amides is 3. The van der Waals surface area contributed by atoms with Crippen LogP contribution in [0.2, 0.25) is 0 Å².